The molecule has 7 heteroatoms. The van der Waals surface area contributed by atoms with Gasteiger partial charge in [-0.25, -0.2) is 4.79 Å². The van der Waals surface area contributed by atoms with Crippen molar-refractivity contribution in [3.63, 3.8) is 0 Å². The van der Waals surface area contributed by atoms with Crippen LogP contribution in [0.15, 0.2) is 30.3 Å². The fourth-order valence-electron chi connectivity index (χ4n) is 0.789. The first-order chi connectivity index (χ1) is 7.34. The molecule has 0 saturated carbocycles. The number of hydrogen-bond donors (Lipinski definition) is 0. The number of carbonyl (C=O) groups is 1. The van der Waals surface area contributed by atoms with Crippen molar-refractivity contribution in [2.75, 3.05) is 6.61 Å². The predicted molar refractivity (Wildman–Crippen MR) is 65.8 cm³/mol. The molecular weight excluding hydrogens is 373 g/mol. The van der Waals surface area contributed by atoms with Crippen molar-refractivity contribution in [3.05, 3.63) is 35.9 Å². The van der Waals surface area contributed by atoms with Crippen molar-refractivity contribution >= 4 is 40.0 Å². The van der Waals surface area contributed by atoms with Gasteiger partial charge in [0.25, 0.3) is 0 Å². The monoisotopic (exact) mass is 380 g/mol. The van der Waals surface area contributed by atoms with E-state index in [1.807, 2.05) is 18.2 Å². The molecule has 1 aromatic carbocycles. The minimum atomic E-state index is -3.29. The summed E-state index contributed by atoms with van der Waals surface area (Å²) in [6.07, 6.45) is 0. The van der Waals surface area contributed by atoms with Crippen LogP contribution in [0.2, 0.25) is 0 Å². The standard InChI is InChI=1S/C9H10O2.4ClH.Zr/c1-2-11-9(10)8-6-4-3-5-7-8;;;;;/h3-7H,2H2,1H3;4*1H;/q;;;;;+4/p-4. The van der Waals surface area contributed by atoms with E-state index in [9.17, 15) is 4.79 Å². The molecule has 0 saturated heterocycles. The maximum atomic E-state index is 11.0. The van der Waals surface area contributed by atoms with E-state index in [1.54, 1.807) is 19.1 Å². The Labute approximate surface area is 113 Å². The first-order valence-corrected chi connectivity index (χ1v) is 17.0. The van der Waals surface area contributed by atoms with Gasteiger partial charge in [0.15, 0.2) is 0 Å². The molecule has 2 nitrogen and oxygen atoms in total. The summed E-state index contributed by atoms with van der Waals surface area (Å²) in [5, 5.41) is 0. The number of rotatable bonds is 2. The molecule has 0 radical (unpaired) electrons. The van der Waals surface area contributed by atoms with Crippen LogP contribution in [-0.4, -0.2) is 12.6 Å². The van der Waals surface area contributed by atoms with E-state index in [0.717, 1.165) is 0 Å². The molecule has 0 aliphatic carbocycles. The average Bonchev–Trinajstić information content (AvgIpc) is 2.17. The Kier molecular flexibility index (Phi) is 9.17. The van der Waals surface area contributed by atoms with Crippen molar-refractivity contribution < 1.29 is 25.0 Å². The molecule has 0 bridgehead atoms. The molecule has 16 heavy (non-hydrogen) atoms. The normalized spacial score (nSPS) is 10.1. The van der Waals surface area contributed by atoms with Gasteiger partial charge < -0.3 is 4.74 Å². The quantitative estimate of drug-likeness (QED) is 0.697. The van der Waals surface area contributed by atoms with Crippen LogP contribution >= 0.6 is 34.1 Å². The second kappa shape index (κ2) is 8.77. The minimum absolute atomic E-state index is 0.256. The fraction of sp³-hybridized carbons (Fsp3) is 0.222. The predicted octanol–water partition coefficient (Wildman–Crippen LogP) is 4.62. The fourth-order valence-corrected chi connectivity index (χ4v) is 0.789. The Bertz CT molecular complexity index is 307. The van der Waals surface area contributed by atoms with Crippen molar-refractivity contribution in [1.82, 2.24) is 0 Å². The van der Waals surface area contributed by atoms with Crippen LogP contribution < -0.4 is 0 Å². The summed E-state index contributed by atoms with van der Waals surface area (Å²) in [7, 11) is 20.1. The van der Waals surface area contributed by atoms with E-state index in [2.05, 4.69) is 0 Å². The third kappa shape index (κ3) is 11.2. The van der Waals surface area contributed by atoms with Gasteiger partial charge in [0, 0.05) is 0 Å². The second-order valence-electron chi connectivity index (χ2n) is 2.52. The summed E-state index contributed by atoms with van der Waals surface area (Å²) in [5.41, 5.74) is 0.606. The Morgan fingerprint density at radius 1 is 1.19 bits per heavy atom. The van der Waals surface area contributed by atoms with Gasteiger partial charge in [0.05, 0.1) is 12.2 Å². The van der Waals surface area contributed by atoms with Gasteiger partial charge in [-0.05, 0) is 19.1 Å². The van der Waals surface area contributed by atoms with E-state index in [0.29, 0.717) is 12.2 Å². The molecule has 0 atom stereocenters. The average molecular weight is 383 g/mol. The van der Waals surface area contributed by atoms with Crippen LogP contribution in [0.5, 0.6) is 0 Å². The summed E-state index contributed by atoms with van der Waals surface area (Å²) >= 11 is -3.29. The third-order valence-electron chi connectivity index (χ3n) is 1.28. The molecule has 0 heterocycles. The van der Waals surface area contributed by atoms with Crippen LogP contribution in [0.4, 0.5) is 0 Å². The van der Waals surface area contributed by atoms with E-state index in [1.165, 1.54) is 0 Å². The Morgan fingerprint density at radius 2 is 1.62 bits per heavy atom. The Balaban J connectivity index is 0.000000385. The zero-order valence-electron chi connectivity index (χ0n) is 8.42. The molecule has 0 aromatic heterocycles. The number of ether oxygens (including phenoxy) is 1. The second-order valence-corrected chi connectivity index (χ2v) is 24.9. The van der Waals surface area contributed by atoms with Crippen molar-refractivity contribution in [2.24, 2.45) is 0 Å². The molecule has 0 fully saturated rings. The van der Waals surface area contributed by atoms with E-state index in [4.69, 9.17) is 38.8 Å². The number of hydrogen-bond acceptors (Lipinski definition) is 2. The zero-order chi connectivity index (χ0) is 12.6. The van der Waals surface area contributed by atoms with Gasteiger partial charge in [-0.1, -0.05) is 18.2 Å². The molecule has 1 aromatic rings. The van der Waals surface area contributed by atoms with Crippen molar-refractivity contribution in [3.8, 4) is 0 Å². The van der Waals surface area contributed by atoms with E-state index in [-0.39, 0.29) is 5.97 Å². The molecule has 90 valence electrons. The van der Waals surface area contributed by atoms with Gasteiger partial charge >= 0.3 is 55.5 Å². The van der Waals surface area contributed by atoms with Crippen LogP contribution in [0.1, 0.15) is 17.3 Å². The molecule has 0 aliphatic heterocycles. The first kappa shape index (κ1) is 16.7. The van der Waals surface area contributed by atoms with Crippen molar-refractivity contribution in [2.45, 2.75) is 6.92 Å². The summed E-state index contributed by atoms with van der Waals surface area (Å²) < 4.78 is 4.79. The summed E-state index contributed by atoms with van der Waals surface area (Å²) in [6, 6.07) is 8.96. The first-order valence-electron chi connectivity index (χ1n) is 4.32. The summed E-state index contributed by atoms with van der Waals surface area (Å²) in [5.74, 6) is -0.256. The molecular formula is C9H10Cl4O2Zr. The summed E-state index contributed by atoms with van der Waals surface area (Å²) in [6.45, 7) is 2.22. The van der Waals surface area contributed by atoms with Crippen molar-refractivity contribution in [1.29, 1.82) is 0 Å². The van der Waals surface area contributed by atoms with Gasteiger partial charge in [0.2, 0.25) is 0 Å². The van der Waals surface area contributed by atoms with Gasteiger partial charge in [-0.15, -0.1) is 0 Å². The third-order valence-corrected chi connectivity index (χ3v) is 1.28. The maximum absolute atomic E-state index is 11.0. The number of benzene rings is 1. The number of halogens is 4. The van der Waals surface area contributed by atoms with Crippen LogP contribution in [0.25, 0.3) is 0 Å². The SMILES string of the molecule is CCOC(=O)c1ccccc1.[Cl][Zr]([Cl])([Cl])[Cl]. The molecule has 0 N–H and O–H groups in total. The zero-order valence-corrected chi connectivity index (χ0v) is 13.9. The van der Waals surface area contributed by atoms with Crippen LogP contribution in [0.3, 0.4) is 0 Å². The number of esters is 1. The van der Waals surface area contributed by atoms with Gasteiger partial charge in [0.1, 0.15) is 0 Å². The topological polar surface area (TPSA) is 26.3 Å². The molecule has 0 unspecified atom stereocenters. The van der Waals surface area contributed by atoms with Crippen LogP contribution in [-0.2, 0) is 20.2 Å². The van der Waals surface area contributed by atoms with E-state index >= 15 is 0 Å². The molecule has 0 aliphatic rings. The molecule has 0 spiro atoms. The Hall–Kier alpha value is 0.733. The van der Waals surface area contributed by atoms with Gasteiger partial charge in [-0.2, -0.15) is 0 Å². The number of carbonyl (C=O) groups excluding carboxylic acids is 1. The molecule has 1 rings (SSSR count). The van der Waals surface area contributed by atoms with E-state index < -0.39 is 15.5 Å². The Morgan fingerprint density at radius 3 is 2.00 bits per heavy atom. The van der Waals surface area contributed by atoms with Gasteiger partial charge in [-0.3, -0.25) is 0 Å². The van der Waals surface area contributed by atoms with Crippen LogP contribution in [0, 0.1) is 0 Å². The summed E-state index contributed by atoms with van der Waals surface area (Å²) in [4.78, 5) is 11.0. The molecule has 0 amide bonds.